The minimum absolute atomic E-state index is 0.0132. The standard InChI is InChI=1S/C39H48IN7O11/c1-39(2,3)58-38(52)45-36-43-34-33(35(50)44-36)41-24-47(34)20-31(48)46(21-32(49)56-14-13-40)19-25(22-55-18-17-54-16-15-53-4)42-37(51)57-23-30-28-11-7-5-9-26(28)27-10-6-8-12-29(27)30/h5-12,24-25,30H,13-23H2,1-4H3,(H,42,51)(H2,43,44,45,50,52)/t25-/m1/s1. The Morgan fingerprint density at radius 2 is 1.60 bits per heavy atom. The van der Waals surface area contributed by atoms with Crippen molar-refractivity contribution in [2.45, 2.75) is 44.9 Å². The normalized spacial score (nSPS) is 12.7. The van der Waals surface area contributed by atoms with E-state index in [9.17, 15) is 24.0 Å². The lowest BCUT2D eigenvalue weighted by atomic mass is 9.98. The number of alkyl halides is 1. The van der Waals surface area contributed by atoms with Gasteiger partial charge in [0.05, 0.1) is 45.4 Å². The summed E-state index contributed by atoms with van der Waals surface area (Å²) in [5.74, 6) is -1.69. The maximum atomic E-state index is 14.0. The van der Waals surface area contributed by atoms with Crippen LogP contribution in [-0.2, 0) is 44.6 Å². The number of amides is 3. The van der Waals surface area contributed by atoms with E-state index < -0.39 is 54.4 Å². The molecule has 2 aromatic carbocycles. The highest BCUT2D eigenvalue weighted by Crippen LogP contribution is 2.44. The minimum atomic E-state index is -0.860. The third-order valence-electron chi connectivity index (χ3n) is 8.64. The van der Waals surface area contributed by atoms with Gasteiger partial charge >= 0.3 is 18.2 Å². The molecule has 5 rings (SSSR count). The number of aromatic amines is 1. The first-order valence-electron chi connectivity index (χ1n) is 18.6. The van der Waals surface area contributed by atoms with Crippen molar-refractivity contribution in [1.82, 2.24) is 29.7 Å². The molecule has 1 aliphatic rings. The predicted octanol–water partition coefficient (Wildman–Crippen LogP) is 3.86. The summed E-state index contributed by atoms with van der Waals surface area (Å²) in [7, 11) is 1.57. The molecule has 3 amide bonds. The van der Waals surface area contributed by atoms with Crippen LogP contribution in [0.5, 0.6) is 0 Å². The molecule has 2 aromatic heterocycles. The van der Waals surface area contributed by atoms with Crippen molar-refractivity contribution in [1.29, 1.82) is 0 Å². The average molecular weight is 918 g/mol. The monoisotopic (exact) mass is 917 g/mol. The van der Waals surface area contributed by atoms with E-state index in [2.05, 4.69) is 48.2 Å². The van der Waals surface area contributed by atoms with E-state index in [1.807, 2.05) is 48.5 Å². The van der Waals surface area contributed by atoms with Gasteiger partial charge in [-0.05, 0) is 43.0 Å². The number of nitrogens with zero attached hydrogens (tertiary/aromatic N) is 4. The molecule has 19 heteroatoms. The van der Waals surface area contributed by atoms with Crippen LogP contribution in [0.4, 0.5) is 15.5 Å². The van der Waals surface area contributed by atoms with Gasteiger partial charge in [0.25, 0.3) is 5.56 Å². The van der Waals surface area contributed by atoms with Gasteiger partial charge in [0.1, 0.15) is 31.9 Å². The van der Waals surface area contributed by atoms with E-state index in [-0.39, 0.29) is 62.6 Å². The maximum Gasteiger partial charge on any atom is 0.414 e. The van der Waals surface area contributed by atoms with Gasteiger partial charge in [0.2, 0.25) is 11.9 Å². The van der Waals surface area contributed by atoms with Crippen LogP contribution in [0.25, 0.3) is 22.3 Å². The second kappa shape index (κ2) is 21.0. The van der Waals surface area contributed by atoms with E-state index in [0.717, 1.165) is 22.3 Å². The van der Waals surface area contributed by atoms with Crippen LogP contribution in [0.15, 0.2) is 59.7 Å². The highest BCUT2D eigenvalue weighted by atomic mass is 127. The number of hydrogen-bond donors (Lipinski definition) is 3. The summed E-state index contributed by atoms with van der Waals surface area (Å²) in [6.45, 7) is 5.24. The molecule has 0 spiro atoms. The molecule has 0 saturated heterocycles. The molecule has 18 nitrogen and oxygen atoms in total. The molecule has 312 valence electrons. The molecule has 1 aliphatic carbocycles. The van der Waals surface area contributed by atoms with Crippen molar-refractivity contribution in [3.63, 3.8) is 0 Å². The van der Waals surface area contributed by atoms with Crippen LogP contribution < -0.4 is 16.2 Å². The molecule has 0 bridgehead atoms. The van der Waals surface area contributed by atoms with Crippen molar-refractivity contribution in [3.05, 3.63) is 76.3 Å². The van der Waals surface area contributed by atoms with Gasteiger partial charge in [-0.15, -0.1) is 0 Å². The van der Waals surface area contributed by atoms with Crippen molar-refractivity contribution >= 4 is 63.8 Å². The molecular formula is C39H48IN7O11. The third-order valence-corrected chi connectivity index (χ3v) is 9.08. The Balaban J connectivity index is 1.33. The van der Waals surface area contributed by atoms with E-state index in [4.69, 9.17) is 28.4 Å². The van der Waals surface area contributed by atoms with Gasteiger partial charge in [0.15, 0.2) is 11.2 Å². The number of rotatable bonds is 20. The predicted molar refractivity (Wildman–Crippen MR) is 220 cm³/mol. The van der Waals surface area contributed by atoms with E-state index in [1.165, 1.54) is 15.8 Å². The molecule has 0 saturated carbocycles. The van der Waals surface area contributed by atoms with Crippen molar-refractivity contribution in [3.8, 4) is 11.1 Å². The lowest BCUT2D eigenvalue weighted by Crippen LogP contribution is -2.50. The summed E-state index contributed by atoms with van der Waals surface area (Å²) in [4.78, 5) is 77.7. The summed E-state index contributed by atoms with van der Waals surface area (Å²) in [6, 6.07) is 15.1. The summed E-state index contributed by atoms with van der Waals surface area (Å²) >= 11 is 2.06. The summed E-state index contributed by atoms with van der Waals surface area (Å²) in [6.07, 6.45) is -0.360. The first-order valence-corrected chi connectivity index (χ1v) is 20.1. The number of aromatic nitrogens is 4. The van der Waals surface area contributed by atoms with E-state index in [0.29, 0.717) is 17.6 Å². The SMILES string of the molecule is COCCOCCOC[C@@H](CN(CC(=O)OCCI)C(=O)Cn1cnc2c(=O)[nH]c(NC(=O)OC(C)(C)C)nc21)NC(=O)OCC1c2ccccc2-c2ccccc21. The Morgan fingerprint density at radius 1 is 0.931 bits per heavy atom. The number of ether oxygens (including phenoxy) is 6. The molecule has 0 aliphatic heterocycles. The number of benzene rings is 2. The number of alkyl carbamates (subject to hydrolysis) is 1. The Bertz CT molecular complexity index is 2060. The van der Waals surface area contributed by atoms with Crippen LogP contribution in [0, 0.1) is 0 Å². The fourth-order valence-electron chi connectivity index (χ4n) is 6.18. The summed E-state index contributed by atoms with van der Waals surface area (Å²) < 4.78 is 34.5. The number of carbonyl (C=O) groups excluding carboxylic acids is 4. The maximum absolute atomic E-state index is 14.0. The number of H-pyrrole nitrogens is 1. The van der Waals surface area contributed by atoms with Gasteiger partial charge in [-0.3, -0.25) is 24.7 Å². The first kappa shape index (κ1) is 44.0. The summed E-state index contributed by atoms with van der Waals surface area (Å²) in [5, 5.41) is 5.20. The number of carbonyl (C=O) groups is 4. The van der Waals surface area contributed by atoms with E-state index in [1.54, 1.807) is 27.9 Å². The summed E-state index contributed by atoms with van der Waals surface area (Å²) in [5.41, 5.74) is 2.66. The Labute approximate surface area is 348 Å². The fourth-order valence-corrected chi connectivity index (χ4v) is 6.40. The van der Waals surface area contributed by atoms with Gasteiger partial charge in [-0.25, -0.2) is 14.6 Å². The Kier molecular flexibility index (Phi) is 16.0. The fraction of sp³-hybridized carbons (Fsp3) is 0.462. The zero-order valence-electron chi connectivity index (χ0n) is 32.8. The number of methoxy groups -OCH3 is 1. The van der Waals surface area contributed by atoms with Gasteiger partial charge in [-0.1, -0.05) is 71.1 Å². The van der Waals surface area contributed by atoms with Crippen LogP contribution in [-0.4, -0.2) is 131 Å². The second-order valence-electron chi connectivity index (χ2n) is 14.1. The zero-order chi connectivity index (χ0) is 41.7. The average Bonchev–Trinajstić information content (AvgIpc) is 3.73. The van der Waals surface area contributed by atoms with Crippen LogP contribution in [0.1, 0.15) is 37.8 Å². The van der Waals surface area contributed by atoms with Crippen LogP contribution in [0.3, 0.4) is 0 Å². The smallest absolute Gasteiger partial charge is 0.414 e. The van der Waals surface area contributed by atoms with Gasteiger partial charge in [0, 0.05) is 24.0 Å². The van der Waals surface area contributed by atoms with E-state index >= 15 is 0 Å². The molecule has 58 heavy (non-hydrogen) atoms. The molecule has 0 unspecified atom stereocenters. The van der Waals surface area contributed by atoms with Crippen LogP contribution >= 0.6 is 22.6 Å². The number of nitrogens with one attached hydrogen (secondary N) is 3. The molecule has 0 radical (unpaired) electrons. The molecular weight excluding hydrogens is 869 g/mol. The van der Waals surface area contributed by atoms with Crippen molar-refractivity contribution in [2.75, 3.05) is 76.2 Å². The molecule has 3 N–H and O–H groups in total. The molecule has 0 fully saturated rings. The van der Waals surface area contributed by atoms with Crippen molar-refractivity contribution < 1.29 is 47.6 Å². The highest BCUT2D eigenvalue weighted by Gasteiger charge is 2.30. The molecule has 1 atom stereocenters. The van der Waals surface area contributed by atoms with Gasteiger partial charge < -0.3 is 43.2 Å². The number of hydrogen-bond acceptors (Lipinski definition) is 13. The van der Waals surface area contributed by atoms with Crippen molar-refractivity contribution in [2.24, 2.45) is 0 Å². The first-order chi connectivity index (χ1) is 27.9. The van der Waals surface area contributed by atoms with Gasteiger partial charge in [-0.2, -0.15) is 4.98 Å². The number of halogens is 1. The highest BCUT2D eigenvalue weighted by molar-refractivity contribution is 14.1. The largest absolute Gasteiger partial charge is 0.464 e. The lowest BCUT2D eigenvalue weighted by Gasteiger charge is -2.28. The topological polar surface area (TPSA) is 215 Å². The van der Waals surface area contributed by atoms with Crippen LogP contribution in [0.2, 0.25) is 0 Å². The second-order valence-corrected chi connectivity index (χ2v) is 15.2. The third kappa shape index (κ3) is 12.4. The molecule has 4 aromatic rings. The quantitative estimate of drug-likeness (QED) is 0.0378. The molecule has 2 heterocycles. The number of esters is 1. The Hall–Kier alpha value is -5.12. The minimum Gasteiger partial charge on any atom is -0.464 e. The number of fused-ring (bicyclic) bond motifs is 4. The lowest BCUT2D eigenvalue weighted by molar-refractivity contribution is -0.149. The Morgan fingerprint density at radius 3 is 2.28 bits per heavy atom. The zero-order valence-corrected chi connectivity index (χ0v) is 34.9. The number of anilines is 1. The number of imidazole rings is 1.